The Labute approximate surface area is 218 Å². The molecule has 0 aromatic heterocycles. The Morgan fingerprint density at radius 3 is 2.27 bits per heavy atom. The average molecular weight is 499 g/mol. The number of piperidine rings is 1. The summed E-state index contributed by atoms with van der Waals surface area (Å²) in [6.07, 6.45) is 0.807. The van der Waals surface area contributed by atoms with Crippen molar-refractivity contribution >= 4 is 28.9 Å². The quantitative estimate of drug-likeness (QED) is 0.539. The van der Waals surface area contributed by atoms with E-state index in [0.717, 1.165) is 54.6 Å². The van der Waals surface area contributed by atoms with Gasteiger partial charge in [0.15, 0.2) is 0 Å². The van der Waals surface area contributed by atoms with Crippen molar-refractivity contribution in [2.75, 3.05) is 55.5 Å². The van der Waals surface area contributed by atoms with Crippen LogP contribution in [-0.2, 0) is 9.59 Å². The first kappa shape index (κ1) is 24.8. The lowest BCUT2D eigenvalue weighted by Crippen LogP contribution is -2.47. The lowest BCUT2D eigenvalue weighted by atomic mass is 9.83. The van der Waals surface area contributed by atoms with Gasteiger partial charge >= 0.3 is 0 Å². The summed E-state index contributed by atoms with van der Waals surface area (Å²) in [5.74, 6) is 0.268. The van der Waals surface area contributed by atoms with Crippen molar-refractivity contribution in [1.82, 2.24) is 4.90 Å². The van der Waals surface area contributed by atoms with Crippen molar-refractivity contribution in [2.45, 2.75) is 18.9 Å². The van der Waals surface area contributed by atoms with Crippen LogP contribution in [0.25, 0.3) is 0 Å². The number of carbonyl (C=O) groups excluding carboxylic acids is 2. The number of ether oxygens (including phenoxy) is 1. The predicted molar refractivity (Wildman–Crippen MR) is 147 cm³/mol. The van der Waals surface area contributed by atoms with Crippen molar-refractivity contribution in [3.63, 3.8) is 0 Å². The Bertz CT molecular complexity index is 1220. The molecule has 0 aliphatic carbocycles. The zero-order chi connectivity index (χ0) is 25.8. The fourth-order valence-corrected chi connectivity index (χ4v) is 5.37. The van der Waals surface area contributed by atoms with Crippen LogP contribution in [0.2, 0.25) is 0 Å². The zero-order valence-electron chi connectivity index (χ0n) is 21.5. The van der Waals surface area contributed by atoms with Crippen molar-refractivity contribution in [2.24, 2.45) is 5.92 Å². The Hall–Kier alpha value is -3.84. The molecule has 7 nitrogen and oxygen atoms in total. The van der Waals surface area contributed by atoms with E-state index in [9.17, 15) is 9.59 Å². The van der Waals surface area contributed by atoms with Crippen LogP contribution in [-0.4, -0.2) is 57.1 Å². The number of rotatable bonds is 6. The molecular formula is C30H34N4O3. The normalized spacial score (nSPS) is 20.5. The van der Waals surface area contributed by atoms with Crippen molar-refractivity contribution in [1.29, 1.82) is 0 Å². The first-order chi connectivity index (χ1) is 18.0. The molecule has 192 valence electrons. The lowest BCUT2D eigenvalue weighted by Gasteiger charge is -2.41. The third kappa shape index (κ3) is 5.32. The van der Waals surface area contributed by atoms with Crippen molar-refractivity contribution < 1.29 is 14.3 Å². The third-order valence-electron chi connectivity index (χ3n) is 7.43. The molecule has 2 atom stereocenters. The summed E-state index contributed by atoms with van der Waals surface area (Å²) in [7, 11) is 3.75. The molecule has 7 heteroatoms. The van der Waals surface area contributed by atoms with Gasteiger partial charge in [-0.15, -0.1) is 0 Å². The summed E-state index contributed by atoms with van der Waals surface area (Å²) >= 11 is 0. The highest BCUT2D eigenvalue weighted by Crippen LogP contribution is 2.41. The van der Waals surface area contributed by atoms with Gasteiger partial charge in [-0.25, -0.2) is 0 Å². The third-order valence-corrected chi connectivity index (χ3v) is 7.43. The molecule has 2 heterocycles. The number of amides is 2. The van der Waals surface area contributed by atoms with Crippen LogP contribution in [0, 0.1) is 5.92 Å². The fourth-order valence-electron chi connectivity index (χ4n) is 5.37. The molecule has 1 N–H and O–H groups in total. The SMILES string of the molecule is COc1ccc(N2C(=O)CC[C@H](C(=O)Nc3ccccc3N3CCN(C)CC3)[C@H]2c2ccccc2)cc1. The van der Waals surface area contributed by atoms with Gasteiger partial charge in [-0.3, -0.25) is 9.59 Å². The van der Waals surface area contributed by atoms with E-state index < -0.39 is 12.0 Å². The molecule has 2 amide bonds. The minimum Gasteiger partial charge on any atom is -0.497 e. The molecule has 0 spiro atoms. The van der Waals surface area contributed by atoms with E-state index in [1.54, 1.807) is 12.0 Å². The number of carbonyl (C=O) groups is 2. The molecule has 3 aromatic rings. The van der Waals surface area contributed by atoms with E-state index in [-0.39, 0.29) is 11.8 Å². The highest BCUT2D eigenvalue weighted by molar-refractivity contribution is 6.01. The number of benzene rings is 3. The molecule has 2 aliphatic heterocycles. The van der Waals surface area contributed by atoms with Gasteiger partial charge < -0.3 is 24.8 Å². The van der Waals surface area contributed by atoms with E-state index >= 15 is 0 Å². The van der Waals surface area contributed by atoms with Crippen LogP contribution in [0.15, 0.2) is 78.9 Å². The van der Waals surface area contributed by atoms with Gasteiger partial charge in [-0.2, -0.15) is 0 Å². The highest BCUT2D eigenvalue weighted by Gasteiger charge is 2.41. The topological polar surface area (TPSA) is 65.1 Å². The van der Waals surface area contributed by atoms with Crippen molar-refractivity contribution in [3.8, 4) is 5.75 Å². The van der Waals surface area contributed by atoms with Crippen LogP contribution >= 0.6 is 0 Å². The second-order valence-electron chi connectivity index (χ2n) is 9.76. The maximum atomic E-state index is 13.9. The Morgan fingerprint density at radius 1 is 0.892 bits per heavy atom. The van der Waals surface area contributed by atoms with E-state index in [0.29, 0.717) is 12.8 Å². The van der Waals surface area contributed by atoms with E-state index in [1.807, 2.05) is 72.8 Å². The Kier molecular flexibility index (Phi) is 7.42. The Morgan fingerprint density at radius 2 is 1.57 bits per heavy atom. The number of nitrogens with one attached hydrogen (secondary N) is 1. The van der Waals surface area contributed by atoms with E-state index in [1.165, 1.54) is 0 Å². The minimum atomic E-state index is -0.411. The minimum absolute atomic E-state index is 0.0147. The molecular weight excluding hydrogens is 464 g/mol. The second kappa shape index (κ2) is 11.0. The summed E-state index contributed by atoms with van der Waals surface area (Å²) < 4.78 is 5.31. The summed E-state index contributed by atoms with van der Waals surface area (Å²) in [5, 5.41) is 3.24. The van der Waals surface area contributed by atoms with Crippen LogP contribution in [0.5, 0.6) is 5.75 Å². The number of piperazine rings is 1. The average Bonchev–Trinajstić information content (AvgIpc) is 2.94. The molecule has 5 rings (SSSR count). The first-order valence-corrected chi connectivity index (χ1v) is 12.9. The van der Waals surface area contributed by atoms with E-state index in [4.69, 9.17) is 4.74 Å². The van der Waals surface area contributed by atoms with Gasteiger partial charge in [0.05, 0.1) is 30.4 Å². The standard InChI is InChI=1S/C30H34N4O3/c1-32-18-20-33(21-19-32)27-11-7-6-10-26(27)31-30(36)25-16-17-28(35)34(23-12-14-24(37-2)15-13-23)29(25)22-8-4-3-5-9-22/h3-15,25,29H,16-21H2,1-2H3,(H,31,36)/t25-,29+/m0/s1. The monoisotopic (exact) mass is 498 g/mol. The molecule has 0 bridgehead atoms. The molecule has 37 heavy (non-hydrogen) atoms. The molecule has 3 aromatic carbocycles. The number of methoxy groups -OCH3 is 1. The fraction of sp³-hybridized carbons (Fsp3) is 0.333. The second-order valence-corrected chi connectivity index (χ2v) is 9.76. The maximum absolute atomic E-state index is 13.9. The number of hydrogen-bond acceptors (Lipinski definition) is 5. The van der Waals surface area contributed by atoms with Crippen LogP contribution in [0.4, 0.5) is 17.1 Å². The summed E-state index contributed by atoms with van der Waals surface area (Å²) in [5.41, 5.74) is 3.56. The highest BCUT2D eigenvalue weighted by atomic mass is 16.5. The number of para-hydroxylation sites is 2. The summed E-state index contributed by atoms with van der Waals surface area (Å²) in [6, 6.07) is 24.9. The molecule has 2 aliphatic rings. The first-order valence-electron chi connectivity index (χ1n) is 12.9. The van der Waals surface area contributed by atoms with Gasteiger partial charge in [-0.05, 0) is 55.4 Å². The number of hydrogen-bond donors (Lipinski definition) is 1. The lowest BCUT2D eigenvalue weighted by molar-refractivity contribution is -0.125. The van der Waals surface area contributed by atoms with E-state index in [2.05, 4.69) is 28.2 Å². The van der Waals surface area contributed by atoms with Gasteiger partial charge in [0, 0.05) is 38.3 Å². The van der Waals surface area contributed by atoms with Gasteiger partial charge in [0.2, 0.25) is 11.8 Å². The summed E-state index contributed by atoms with van der Waals surface area (Å²) in [6.45, 7) is 3.80. The zero-order valence-corrected chi connectivity index (χ0v) is 21.5. The molecule has 0 unspecified atom stereocenters. The maximum Gasteiger partial charge on any atom is 0.230 e. The predicted octanol–water partition coefficient (Wildman–Crippen LogP) is 4.57. The number of nitrogens with zero attached hydrogens (tertiary/aromatic N) is 3. The number of anilines is 3. The Balaban J connectivity index is 1.46. The molecule has 2 saturated heterocycles. The van der Waals surface area contributed by atoms with Gasteiger partial charge in [0.1, 0.15) is 5.75 Å². The van der Waals surface area contributed by atoms with Crippen LogP contribution in [0.1, 0.15) is 24.4 Å². The van der Waals surface area contributed by atoms with Crippen molar-refractivity contribution in [3.05, 3.63) is 84.4 Å². The molecule has 2 fully saturated rings. The van der Waals surface area contributed by atoms with Crippen LogP contribution in [0.3, 0.4) is 0 Å². The molecule has 0 radical (unpaired) electrons. The van der Waals surface area contributed by atoms with Gasteiger partial charge in [0.25, 0.3) is 0 Å². The van der Waals surface area contributed by atoms with Gasteiger partial charge in [-0.1, -0.05) is 42.5 Å². The molecule has 0 saturated carbocycles. The largest absolute Gasteiger partial charge is 0.497 e. The smallest absolute Gasteiger partial charge is 0.230 e. The van der Waals surface area contributed by atoms with Crippen LogP contribution < -0.4 is 19.9 Å². The number of likely N-dealkylation sites (N-methyl/N-ethyl adjacent to an activating group) is 1. The summed E-state index contributed by atoms with van der Waals surface area (Å²) in [4.78, 5) is 33.7.